The van der Waals surface area contributed by atoms with Crippen LogP contribution >= 0.6 is 0 Å². The lowest BCUT2D eigenvalue weighted by Gasteiger charge is -1.84. The molecule has 9 heavy (non-hydrogen) atoms. The predicted molar refractivity (Wildman–Crippen MR) is 36.1 cm³/mol. The molecule has 1 aromatic heterocycles. The smallest absolute Gasteiger partial charge is 0.266 e. The lowest BCUT2D eigenvalue weighted by Crippen LogP contribution is -2.09. The molecule has 0 unspecified atom stereocenters. The fourth-order valence-corrected chi connectivity index (χ4v) is 0.615. The quantitative estimate of drug-likeness (QED) is 0.576. The first-order chi connectivity index (χ1) is 4.24. The number of hydrogen-bond donors (Lipinski definition) is 1. The molecule has 0 saturated carbocycles. The van der Waals surface area contributed by atoms with Crippen molar-refractivity contribution in [1.29, 1.82) is 0 Å². The highest BCUT2D eigenvalue weighted by molar-refractivity contribution is 5.39. The molecule has 0 aromatic carbocycles. The van der Waals surface area contributed by atoms with Gasteiger partial charge in [-0.2, -0.15) is 0 Å². The number of aromatic amines is 1. The number of nitrogens with one attached hydrogen (secondary N) is 1. The molecule has 0 fully saturated rings. The topological polar surface area (TPSA) is 37.8 Å². The van der Waals surface area contributed by atoms with E-state index in [9.17, 15) is 4.79 Å². The maximum atomic E-state index is 10.7. The van der Waals surface area contributed by atoms with Gasteiger partial charge in [-0.15, -0.1) is 0 Å². The van der Waals surface area contributed by atoms with E-state index in [0.717, 1.165) is 5.69 Å². The van der Waals surface area contributed by atoms with Crippen molar-refractivity contribution < 1.29 is 0 Å². The van der Waals surface area contributed by atoms with Crippen LogP contribution in [0, 0.1) is 0 Å². The van der Waals surface area contributed by atoms with E-state index < -0.39 is 0 Å². The molecular weight excluding hydrogens is 116 g/mol. The number of rotatable bonds is 1. The van der Waals surface area contributed by atoms with Gasteiger partial charge in [0.25, 0.3) is 5.56 Å². The SMILES string of the molecule is C=Cc1cc(=O)n(C)[nH]1. The van der Waals surface area contributed by atoms with Gasteiger partial charge in [-0.3, -0.25) is 14.6 Å². The molecule has 3 heteroatoms. The Morgan fingerprint density at radius 3 is 2.78 bits per heavy atom. The van der Waals surface area contributed by atoms with Crippen molar-refractivity contribution >= 4 is 6.08 Å². The molecule has 0 aliphatic heterocycles. The van der Waals surface area contributed by atoms with Gasteiger partial charge < -0.3 is 0 Å². The molecule has 0 amide bonds. The maximum Gasteiger partial charge on any atom is 0.266 e. The van der Waals surface area contributed by atoms with Gasteiger partial charge in [0, 0.05) is 13.1 Å². The van der Waals surface area contributed by atoms with Crippen LogP contribution < -0.4 is 5.56 Å². The molecule has 0 spiro atoms. The average molecular weight is 124 g/mol. The minimum absolute atomic E-state index is 0.0371. The maximum absolute atomic E-state index is 10.7. The van der Waals surface area contributed by atoms with E-state index in [-0.39, 0.29) is 5.56 Å². The van der Waals surface area contributed by atoms with Crippen molar-refractivity contribution in [1.82, 2.24) is 9.78 Å². The molecule has 1 aromatic rings. The summed E-state index contributed by atoms with van der Waals surface area (Å²) < 4.78 is 1.40. The Kier molecular flexibility index (Phi) is 1.26. The van der Waals surface area contributed by atoms with Gasteiger partial charge in [0.05, 0.1) is 5.69 Å². The molecule has 1 rings (SSSR count). The fourth-order valence-electron chi connectivity index (χ4n) is 0.615. The van der Waals surface area contributed by atoms with Gasteiger partial charge in [-0.25, -0.2) is 0 Å². The predicted octanol–water partition coefficient (Wildman–Crippen LogP) is 0.356. The van der Waals surface area contributed by atoms with Crippen LogP contribution in [0.2, 0.25) is 0 Å². The molecule has 0 atom stereocenters. The third kappa shape index (κ3) is 0.937. The summed E-state index contributed by atoms with van der Waals surface area (Å²) in [5.74, 6) is 0. The van der Waals surface area contributed by atoms with Gasteiger partial charge in [0.15, 0.2) is 0 Å². The third-order valence-corrected chi connectivity index (χ3v) is 1.13. The van der Waals surface area contributed by atoms with Crippen LogP contribution in [0.3, 0.4) is 0 Å². The van der Waals surface area contributed by atoms with E-state index in [1.165, 1.54) is 10.7 Å². The van der Waals surface area contributed by atoms with Crippen molar-refractivity contribution in [2.75, 3.05) is 0 Å². The highest BCUT2D eigenvalue weighted by Gasteiger charge is 1.91. The summed E-state index contributed by atoms with van der Waals surface area (Å²) >= 11 is 0. The number of hydrogen-bond acceptors (Lipinski definition) is 1. The first kappa shape index (κ1) is 5.88. The lowest BCUT2D eigenvalue weighted by molar-refractivity contribution is 0.737. The molecular formula is C6H8N2O. The molecule has 48 valence electrons. The Labute approximate surface area is 52.6 Å². The lowest BCUT2D eigenvalue weighted by atomic mass is 10.4. The van der Waals surface area contributed by atoms with Crippen molar-refractivity contribution in [3.8, 4) is 0 Å². The molecule has 0 aliphatic rings. The first-order valence-electron chi connectivity index (χ1n) is 2.62. The van der Waals surface area contributed by atoms with Crippen molar-refractivity contribution in [3.63, 3.8) is 0 Å². The van der Waals surface area contributed by atoms with E-state index in [4.69, 9.17) is 0 Å². The van der Waals surface area contributed by atoms with Crippen molar-refractivity contribution in [2.24, 2.45) is 7.05 Å². The Hall–Kier alpha value is -1.25. The van der Waals surface area contributed by atoms with E-state index in [1.54, 1.807) is 13.1 Å². The van der Waals surface area contributed by atoms with Gasteiger partial charge in [0.1, 0.15) is 0 Å². The molecule has 0 bridgehead atoms. The fraction of sp³-hybridized carbons (Fsp3) is 0.167. The monoisotopic (exact) mass is 124 g/mol. The molecule has 0 saturated heterocycles. The zero-order valence-electron chi connectivity index (χ0n) is 5.22. The number of aromatic nitrogens is 2. The van der Waals surface area contributed by atoms with E-state index in [0.29, 0.717) is 0 Å². The number of H-pyrrole nitrogens is 1. The minimum Gasteiger partial charge on any atom is -0.296 e. The van der Waals surface area contributed by atoms with E-state index in [1.807, 2.05) is 0 Å². The highest BCUT2D eigenvalue weighted by atomic mass is 16.1. The van der Waals surface area contributed by atoms with Crippen LogP contribution in [0.25, 0.3) is 6.08 Å². The average Bonchev–Trinajstić information content (AvgIpc) is 2.13. The summed E-state index contributed by atoms with van der Waals surface area (Å²) in [6.07, 6.45) is 1.60. The molecule has 1 heterocycles. The molecule has 0 radical (unpaired) electrons. The highest BCUT2D eigenvalue weighted by Crippen LogP contribution is 1.87. The summed E-state index contributed by atoms with van der Waals surface area (Å²) in [6.45, 7) is 3.50. The van der Waals surface area contributed by atoms with Crippen LogP contribution in [0.5, 0.6) is 0 Å². The first-order valence-corrected chi connectivity index (χ1v) is 2.62. The third-order valence-electron chi connectivity index (χ3n) is 1.13. The standard InChI is InChI=1S/C6H8N2O/c1-3-5-4-6(9)8(2)7-5/h3-4,7H,1H2,2H3. The van der Waals surface area contributed by atoms with Crippen LogP contribution in [-0.2, 0) is 7.05 Å². The number of nitrogens with zero attached hydrogens (tertiary/aromatic N) is 1. The van der Waals surface area contributed by atoms with Crippen LogP contribution in [0.1, 0.15) is 5.69 Å². The summed E-state index contributed by atoms with van der Waals surface area (Å²) in [6, 6.07) is 1.49. The van der Waals surface area contributed by atoms with Gasteiger partial charge >= 0.3 is 0 Å². The minimum atomic E-state index is -0.0371. The van der Waals surface area contributed by atoms with Gasteiger partial charge in [0.2, 0.25) is 0 Å². The van der Waals surface area contributed by atoms with Crippen LogP contribution in [0.15, 0.2) is 17.4 Å². The molecule has 0 aliphatic carbocycles. The normalized spacial score (nSPS) is 9.44. The van der Waals surface area contributed by atoms with Crippen molar-refractivity contribution in [3.05, 3.63) is 28.7 Å². The Morgan fingerprint density at radius 2 is 2.56 bits per heavy atom. The van der Waals surface area contributed by atoms with E-state index >= 15 is 0 Å². The Morgan fingerprint density at radius 1 is 1.89 bits per heavy atom. The van der Waals surface area contributed by atoms with Gasteiger partial charge in [-0.05, 0) is 6.08 Å². The summed E-state index contributed by atoms with van der Waals surface area (Å²) in [4.78, 5) is 10.7. The second kappa shape index (κ2) is 1.93. The van der Waals surface area contributed by atoms with Gasteiger partial charge in [-0.1, -0.05) is 6.58 Å². The van der Waals surface area contributed by atoms with Crippen LogP contribution in [-0.4, -0.2) is 9.78 Å². The second-order valence-corrected chi connectivity index (χ2v) is 1.81. The Bertz CT molecular complexity index is 269. The largest absolute Gasteiger partial charge is 0.296 e. The zero-order chi connectivity index (χ0) is 6.85. The zero-order valence-corrected chi connectivity index (χ0v) is 5.22. The summed E-state index contributed by atoms with van der Waals surface area (Å²) in [5, 5.41) is 2.78. The van der Waals surface area contributed by atoms with Crippen LogP contribution in [0.4, 0.5) is 0 Å². The van der Waals surface area contributed by atoms with Crippen molar-refractivity contribution in [2.45, 2.75) is 0 Å². The summed E-state index contributed by atoms with van der Waals surface area (Å²) in [5.41, 5.74) is 0.715. The molecule has 1 N–H and O–H groups in total. The molecule has 3 nitrogen and oxygen atoms in total. The Balaban J connectivity index is 3.28. The number of aryl methyl sites for hydroxylation is 1. The second-order valence-electron chi connectivity index (χ2n) is 1.81. The van der Waals surface area contributed by atoms with E-state index in [2.05, 4.69) is 11.7 Å². The summed E-state index contributed by atoms with van der Waals surface area (Å²) in [7, 11) is 1.66.